The van der Waals surface area contributed by atoms with Crippen LogP contribution in [0.2, 0.25) is 0 Å². The van der Waals surface area contributed by atoms with Crippen LogP contribution in [-0.2, 0) is 9.53 Å². The Labute approximate surface area is 110 Å². The normalized spacial score (nSPS) is 25.6. The third-order valence-electron chi connectivity index (χ3n) is 4.29. The summed E-state index contributed by atoms with van der Waals surface area (Å²) in [6, 6.07) is 0.516. The predicted octanol–water partition coefficient (Wildman–Crippen LogP) is 1.40. The zero-order chi connectivity index (χ0) is 12.8. The van der Waals surface area contributed by atoms with Gasteiger partial charge in [-0.25, -0.2) is 0 Å². The van der Waals surface area contributed by atoms with Crippen molar-refractivity contribution in [3.05, 3.63) is 0 Å². The van der Waals surface area contributed by atoms with Gasteiger partial charge >= 0.3 is 0 Å². The van der Waals surface area contributed by atoms with E-state index in [0.29, 0.717) is 25.0 Å². The van der Waals surface area contributed by atoms with Gasteiger partial charge in [0.1, 0.15) is 0 Å². The summed E-state index contributed by atoms with van der Waals surface area (Å²) in [5.41, 5.74) is 0. The summed E-state index contributed by atoms with van der Waals surface area (Å²) < 4.78 is 5.02. The van der Waals surface area contributed by atoms with Crippen molar-refractivity contribution in [1.29, 1.82) is 0 Å². The zero-order valence-electron chi connectivity index (χ0n) is 11.5. The Bertz CT molecular complexity index is 265. The second-order valence-corrected chi connectivity index (χ2v) is 5.48. The van der Waals surface area contributed by atoms with Gasteiger partial charge in [0.15, 0.2) is 0 Å². The molecule has 2 fully saturated rings. The smallest absolute Gasteiger partial charge is 0.222 e. The molecule has 4 heteroatoms. The number of methoxy groups -OCH3 is 1. The van der Waals surface area contributed by atoms with Crippen molar-refractivity contribution < 1.29 is 9.53 Å². The third kappa shape index (κ3) is 3.45. The average molecular weight is 254 g/mol. The molecule has 4 nitrogen and oxygen atoms in total. The van der Waals surface area contributed by atoms with E-state index in [1.54, 1.807) is 7.11 Å². The highest BCUT2D eigenvalue weighted by Crippen LogP contribution is 2.30. The summed E-state index contributed by atoms with van der Waals surface area (Å²) in [4.78, 5) is 14.4. The lowest BCUT2D eigenvalue weighted by Crippen LogP contribution is -2.43. The number of amides is 1. The molecule has 2 saturated heterocycles. The Kier molecular flexibility index (Phi) is 5.45. The molecular weight excluding hydrogens is 228 g/mol. The Morgan fingerprint density at radius 2 is 2.11 bits per heavy atom. The third-order valence-corrected chi connectivity index (χ3v) is 4.29. The van der Waals surface area contributed by atoms with E-state index in [0.717, 1.165) is 32.0 Å². The highest BCUT2D eigenvalue weighted by atomic mass is 16.5. The molecule has 0 saturated carbocycles. The molecule has 2 rings (SSSR count). The van der Waals surface area contributed by atoms with Crippen molar-refractivity contribution in [3.63, 3.8) is 0 Å². The van der Waals surface area contributed by atoms with E-state index in [4.69, 9.17) is 4.74 Å². The first-order chi connectivity index (χ1) is 8.83. The van der Waals surface area contributed by atoms with Gasteiger partial charge in [0.25, 0.3) is 0 Å². The maximum absolute atomic E-state index is 12.2. The van der Waals surface area contributed by atoms with Crippen LogP contribution in [-0.4, -0.2) is 50.2 Å². The Balaban J connectivity index is 1.84. The van der Waals surface area contributed by atoms with Gasteiger partial charge in [-0.2, -0.15) is 0 Å². The molecule has 1 atom stereocenters. The van der Waals surface area contributed by atoms with Crippen LogP contribution in [0.5, 0.6) is 0 Å². The fraction of sp³-hybridized carbons (Fsp3) is 0.929. The van der Waals surface area contributed by atoms with Crippen molar-refractivity contribution in [2.24, 2.45) is 5.92 Å². The molecule has 0 radical (unpaired) electrons. The lowest BCUT2D eigenvalue weighted by atomic mass is 9.88. The molecule has 0 bridgehead atoms. The molecule has 0 aliphatic carbocycles. The van der Waals surface area contributed by atoms with Crippen molar-refractivity contribution >= 4 is 5.91 Å². The zero-order valence-corrected chi connectivity index (χ0v) is 11.5. The summed E-state index contributed by atoms with van der Waals surface area (Å²) in [5.74, 6) is 1.06. The largest absolute Gasteiger partial charge is 0.385 e. The van der Waals surface area contributed by atoms with Crippen LogP contribution in [0.25, 0.3) is 0 Å². The van der Waals surface area contributed by atoms with Crippen LogP contribution < -0.4 is 5.32 Å². The highest BCUT2D eigenvalue weighted by molar-refractivity contribution is 5.76. The van der Waals surface area contributed by atoms with Gasteiger partial charge in [0.2, 0.25) is 5.91 Å². The molecular formula is C14H26N2O2. The minimum atomic E-state index is 0.341. The predicted molar refractivity (Wildman–Crippen MR) is 71.4 cm³/mol. The standard InChI is InChI=1S/C14H26N2O2/c1-18-11-3-5-14(17)16-10-2-4-13(16)12-6-8-15-9-7-12/h12-13,15H,2-11H2,1H3. The van der Waals surface area contributed by atoms with Crippen LogP contribution >= 0.6 is 0 Å². The van der Waals surface area contributed by atoms with Gasteiger partial charge in [-0.1, -0.05) is 0 Å². The number of hydrogen-bond acceptors (Lipinski definition) is 3. The van der Waals surface area contributed by atoms with Gasteiger partial charge in [0, 0.05) is 32.7 Å². The summed E-state index contributed by atoms with van der Waals surface area (Å²) >= 11 is 0. The quantitative estimate of drug-likeness (QED) is 0.754. The number of nitrogens with one attached hydrogen (secondary N) is 1. The van der Waals surface area contributed by atoms with E-state index in [2.05, 4.69) is 10.2 Å². The summed E-state index contributed by atoms with van der Waals surface area (Å²) in [6.45, 7) is 3.90. The molecule has 1 amide bonds. The van der Waals surface area contributed by atoms with Crippen molar-refractivity contribution in [2.75, 3.05) is 33.4 Å². The van der Waals surface area contributed by atoms with Crippen LogP contribution in [0.1, 0.15) is 38.5 Å². The molecule has 0 spiro atoms. The lowest BCUT2D eigenvalue weighted by Gasteiger charge is -2.34. The summed E-state index contributed by atoms with van der Waals surface area (Å²) in [5, 5.41) is 3.40. The van der Waals surface area contributed by atoms with Gasteiger partial charge in [-0.15, -0.1) is 0 Å². The topological polar surface area (TPSA) is 41.6 Å². The van der Waals surface area contributed by atoms with E-state index in [1.165, 1.54) is 25.7 Å². The van der Waals surface area contributed by atoms with Gasteiger partial charge in [-0.3, -0.25) is 4.79 Å². The molecule has 2 heterocycles. The van der Waals surface area contributed by atoms with E-state index >= 15 is 0 Å². The van der Waals surface area contributed by atoms with Crippen LogP contribution in [0.3, 0.4) is 0 Å². The van der Waals surface area contributed by atoms with Crippen molar-refractivity contribution in [1.82, 2.24) is 10.2 Å². The molecule has 1 N–H and O–H groups in total. The average Bonchev–Trinajstić information content (AvgIpc) is 2.89. The van der Waals surface area contributed by atoms with Gasteiger partial charge in [-0.05, 0) is 51.1 Å². The van der Waals surface area contributed by atoms with E-state index < -0.39 is 0 Å². The summed E-state index contributed by atoms with van der Waals surface area (Å²) in [6.07, 6.45) is 6.35. The fourth-order valence-corrected chi connectivity index (χ4v) is 3.33. The van der Waals surface area contributed by atoms with E-state index in [-0.39, 0.29) is 0 Å². The van der Waals surface area contributed by atoms with Crippen molar-refractivity contribution in [3.8, 4) is 0 Å². The van der Waals surface area contributed by atoms with Gasteiger partial charge < -0.3 is 15.0 Å². The maximum atomic E-state index is 12.2. The number of likely N-dealkylation sites (tertiary alicyclic amines) is 1. The number of nitrogens with zero attached hydrogens (tertiary/aromatic N) is 1. The van der Waals surface area contributed by atoms with Crippen LogP contribution in [0.15, 0.2) is 0 Å². The minimum Gasteiger partial charge on any atom is -0.385 e. The first-order valence-electron chi connectivity index (χ1n) is 7.32. The first kappa shape index (κ1) is 13.8. The molecule has 2 aliphatic rings. The Morgan fingerprint density at radius 3 is 2.83 bits per heavy atom. The van der Waals surface area contributed by atoms with Crippen LogP contribution in [0.4, 0.5) is 0 Å². The Hall–Kier alpha value is -0.610. The molecule has 0 aromatic heterocycles. The Morgan fingerprint density at radius 1 is 1.33 bits per heavy atom. The first-order valence-corrected chi connectivity index (χ1v) is 7.32. The second-order valence-electron chi connectivity index (χ2n) is 5.48. The number of ether oxygens (including phenoxy) is 1. The van der Waals surface area contributed by atoms with Crippen molar-refractivity contribution in [2.45, 2.75) is 44.6 Å². The molecule has 2 aliphatic heterocycles. The molecule has 0 aromatic rings. The molecule has 1 unspecified atom stereocenters. The minimum absolute atomic E-state index is 0.341. The van der Waals surface area contributed by atoms with E-state index in [1.807, 2.05) is 0 Å². The number of hydrogen-bond donors (Lipinski definition) is 1. The van der Waals surface area contributed by atoms with Gasteiger partial charge in [0.05, 0.1) is 0 Å². The highest BCUT2D eigenvalue weighted by Gasteiger charge is 2.34. The monoisotopic (exact) mass is 254 g/mol. The number of piperidine rings is 1. The number of carbonyl (C=O) groups is 1. The SMILES string of the molecule is COCCCC(=O)N1CCCC1C1CCNCC1. The molecule has 0 aromatic carbocycles. The number of carbonyl (C=O) groups excluding carboxylic acids is 1. The second kappa shape index (κ2) is 7.10. The molecule has 104 valence electrons. The summed E-state index contributed by atoms with van der Waals surface area (Å²) in [7, 11) is 1.69. The van der Waals surface area contributed by atoms with E-state index in [9.17, 15) is 4.79 Å². The fourth-order valence-electron chi connectivity index (χ4n) is 3.33. The lowest BCUT2D eigenvalue weighted by molar-refractivity contribution is -0.133. The van der Waals surface area contributed by atoms with Crippen LogP contribution in [0, 0.1) is 5.92 Å². The maximum Gasteiger partial charge on any atom is 0.222 e. The number of rotatable bonds is 5. The molecule has 18 heavy (non-hydrogen) atoms.